The van der Waals surface area contributed by atoms with Gasteiger partial charge in [0.05, 0.1) is 5.92 Å². The average Bonchev–Trinajstić information content (AvgIpc) is 2.12. The fourth-order valence-electron chi connectivity index (χ4n) is 1.30. The fraction of sp³-hybridized carbons (Fsp3) is 0.300. The molecule has 0 radical (unpaired) electrons. The zero-order valence-electron chi connectivity index (χ0n) is 7.66. The van der Waals surface area contributed by atoms with Crippen molar-refractivity contribution in [2.45, 2.75) is 18.5 Å². The van der Waals surface area contributed by atoms with Gasteiger partial charge in [0.15, 0.2) is 0 Å². The number of phenols is 1. The number of rotatable bonds is 3. The third kappa shape index (κ3) is 2.97. The van der Waals surface area contributed by atoms with Crippen molar-refractivity contribution in [3.63, 3.8) is 0 Å². The maximum atomic E-state index is 12.5. The van der Waals surface area contributed by atoms with Gasteiger partial charge in [-0.3, -0.25) is 0 Å². The van der Waals surface area contributed by atoms with Crippen LogP contribution in [0.2, 0.25) is 0 Å². The molecule has 1 rings (SSSR count). The van der Waals surface area contributed by atoms with Crippen molar-refractivity contribution in [2.24, 2.45) is 0 Å². The molecule has 0 aliphatic carbocycles. The van der Waals surface area contributed by atoms with E-state index in [9.17, 15) is 18.0 Å². The van der Waals surface area contributed by atoms with Gasteiger partial charge < -0.3 is 9.90 Å². The Kier molecular flexibility index (Phi) is 3.34. The van der Waals surface area contributed by atoms with Crippen LogP contribution in [0.5, 0.6) is 5.75 Å². The molecule has 0 aromatic heterocycles. The summed E-state index contributed by atoms with van der Waals surface area (Å²) in [5, 5.41) is 9.04. The van der Waals surface area contributed by atoms with E-state index in [4.69, 9.17) is 5.11 Å². The second-order valence-corrected chi connectivity index (χ2v) is 3.09. The summed E-state index contributed by atoms with van der Waals surface area (Å²) in [5.74, 6) is -2.09. The van der Waals surface area contributed by atoms with Crippen molar-refractivity contribution in [1.29, 1.82) is 0 Å². The van der Waals surface area contributed by atoms with Gasteiger partial charge in [0, 0.05) is 6.42 Å². The lowest BCUT2D eigenvalue weighted by atomic mass is 9.95. The van der Waals surface area contributed by atoms with Crippen LogP contribution in [0.25, 0.3) is 0 Å². The molecule has 1 unspecified atom stereocenters. The summed E-state index contributed by atoms with van der Waals surface area (Å²) in [7, 11) is 0. The third-order valence-corrected chi connectivity index (χ3v) is 2.00. The van der Waals surface area contributed by atoms with Gasteiger partial charge in [0.1, 0.15) is 12.0 Å². The molecule has 0 aliphatic rings. The smallest absolute Gasteiger partial charge is 0.396 e. The molecule has 1 aromatic carbocycles. The Balaban J connectivity index is 3.04. The first-order valence-corrected chi connectivity index (χ1v) is 4.24. The number of aromatic hydroxyl groups is 1. The molecular weight excluding hydrogens is 209 g/mol. The van der Waals surface area contributed by atoms with Gasteiger partial charge in [0.25, 0.3) is 0 Å². The number of benzene rings is 1. The van der Waals surface area contributed by atoms with Crippen molar-refractivity contribution in [1.82, 2.24) is 0 Å². The third-order valence-electron chi connectivity index (χ3n) is 2.00. The lowest BCUT2D eigenvalue weighted by molar-refractivity contribution is -0.154. The Labute approximate surface area is 84.3 Å². The van der Waals surface area contributed by atoms with Gasteiger partial charge in [0.2, 0.25) is 0 Å². The van der Waals surface area contributed by atoms with Crippen LogP contribution in [-0.2, 0) is 4.79 Å². The Morgan fingerprint density at radius 3 is 2.53 bits per heavy atom. The van der Waals surface area contributed by atoms with E-state index in [1.54, 1.807) is 0 Å². The Bertz CT molecular complexity index is 347. The summed E-state index contributed by atoms with van der Waals surface area (Å²) >= 11 is 0. The largest absolute Gasteiger partial charge is 0.508 e. The molecule has 5 heteroatoms. The van der Waals surface area contributed by atoms with Gasteiger partial charge in [-0.05, 0) is 17.7 Å². The molecule has 2 nitrogen and oxygen atoms in total. The molecule has 1 N–H and O–H groups in total. The van der Waals surface area contributed by atoms with Gasteiger partial charge in [-0.2, -0.15) is 13.2 Å². The number of carbonyl (C=O) groups is 1. The molecule has 1 atom stereocenters. The first-order chi connectivity index (χ1) is 6.95. The quantitative estimate of drug-likeness (QED) is 0.792. The van der Waals surface area contributed by atoms with E-state index in [2.05, 4.69) is 0 Å². The van der Waals surface area contributed by atoms with Crippen LogP contribution in [0, 0.1) is 0 Å². The van der Waals surface area contributed by atoms with E-state index in [0.29, 0.717) is 0 Å². The van der Waals surface area contributed by atoms with Crippen LogP contribution in [0.1, 0.15) is 17.9 Å². The average molecular weight is 218 g/mol. The van der Waals surface area contributed by atoms with Crippen LogP contribution in [-0.4, -0.2) is 17.6 Å². The van der Waals surface area contributed by atoms with E-state index in [-0.39, 0.29) is 17.6 Å². The highest BCUT2D eigenvalue weighted by atomic mass is 19.4. The van der Waals surface area contributed by atoms with Crippen LogP contribution in [0.4, 0.5) is 13.2 Å². The number of aldehydes is 1. The van der Waals surface area contributed by atoms with E-state index in [1.807, 2.05) is 0 Å². The fourth-order valence-corrected chi connectivity index (χ4v) is 1.30. The molecule has 82 valence electrons. The highest BCUT2D eigenvalue weighted by Crippen LogP contribution is 2.37. The highest BCUT2D eigenvalue weighted by Gasteiger charge is 2.40. The van der Waals surface area contributed by atoms with Crippen molar-refractivity contribution < 1.29 is 23.1 Å². The lowest BCUT2D eigenvalue weighted by Crippen LogP contribution is -2.21. The summed E-state index contributed by atoms with van der Waals surface area (Å²) in [6.07, 6.45) is -4.89. The minimum Gasteiger partial charge on any atom is -0.508 e. The minimum atomic E-state index is -4.48. The molecule has 15 heavy (non-hydrogen) atoms. The molecule has 0 aliphatic heterocycles. The van der Waals surface area contributed by atoms with E-state index in [1.165, 1.54) is 18.2 Å². The normalized spacial score (nSPS) is 13.5. The molecular formula is C10H9F3O2. The summed E-state index contributed by atoms with van der Waals surface area (Å²) in [4.78, 5) is 10.2. The van der Waals surface area contributed by atoms with Crippen LogP contribution >= 0.6 is 0 Å². The highest BCUT2D eigenvalue weighted by molar-refractivity contribution is 5.52. The van der Waals surface area contributed by atoms with Crippen molar-refractivity contribution in [3.05, 3.63) is 29.8 Å². The number of alkyl halides is 3. The van der Waals surface area contributed by atoms with Gasteiger partial charge >= 0.3 is 6.18 Å². The van der Waals surface area contributed by atoms with Crippen LogP contribution in [0.15, 0.2) is 24.3 Å². The zero-order valence-corrected chi connectivity index (χ0v) is 7.66. The molecule has 0 fully saturated rings. The van der Waals surface area contributed by atoms with E-state index >= 15 is 0 Å². The number of hydrogen-bond donors (Lipinski definition) is 1. The lowest BCUT2D eigenvalue weighted by Gasteiger charge is -2.18. The molecule has 1 aromatic rings. The Morgan fingerprint density at radius 2 is 2.07 bits per heavy atom. The van der Waals surface area contributed by atoms with Crippen LogP contribution in [0.3, 0.4) is 0 Å². The molecule has 0 saturated heterocycles. The van der Waals surface area contributed by atoms with Crippen molar-refractivity contribution >= 4 is 6.29 Å². The second kappa shape index (κ2) is 4.33. The zero-order chi connectivity index (χ0) is 11.5. The molecule has 0 bridgehead atoms. The van der Waals surface area contributed by atoms with Crippen molar-refractivity contribution in [2.75, 3.05) is 0 Å². The maximum Gasteiger partial charge on any atom is 0.396 e. The number of hydrogen-bond acceptors (Lipinski definition) is 2. The summed E-state index contributed by atoms with van der Waals surface area (Å²) in [6, 6.07) is 4.84. The molecule has 0 amide bonds. The number of phenolic OH excluding ortho intramolecular Hbond substituents is 1. The summed E-state index contributed by atoms with van der Waals surface area (Å²) in [6.45, 7) is 0. The maximum absolute atomic E-state index is 12.5. The Morgan fingerprint density at radius 1 is 1.40 bits per heavy atom. The monoisotopic (exact) mass is 218 g/mol. The van der Waals surface area contributed by atoms with Gasteiger partial charge in [-0.15, -0.1) is 0 Å². The van der Waals surface area contributed by atoms with Gasteiger partial charge in [-0.1, -0.05) is 12.1 Å². The number of carbonyl (C=O) groups excluding carboxylic acids is 1. The standard InChI is InChI=1S/C10H9F3O2/c11-10(12,13)9(4-5-14)7-2-1-3-8(15)6-7/h1-3,5-6,9,15H,4H2. The SMILES string of the molecule is O=CCC(c1cccc(O)c1)C(F)(F)F. The van der Waals surface area contributed by atoms with E-state index < -0.39 is 18.5 Å². The summed E-state index contributed by atoms with van der Waals surface area (Å²) in [5.41, 5.74) is -0.102. The summed E-state index contributed by atoms with van der Waals surface area (Å²) < 4.78 is 37.5. The Hall–Kier alpha value is -1.52. The molecule has 0 heterocycles. The van der Waals surface area contributed by atoms with Gasteiger partial charge in [-0.25, -0.2) is 0 Å². The predicted molar refractivity (Wildman–Crippen MR) is 47.6 cm³/mol. The molecule has 0 spiro atoms. The first-order valence-electron chi connectivity index (χ1n) is 4.24. The predicted octanol–water partition coefficient (Wildman–Crippen LogP) is 2.63. The first kappa shape index (κ1) is 11.6. The van der Waals surface area contributed by atoms with Crippen LogP contribution < -0.4 is 0 Å². The number of halogens is 3. The minimum absolute atomic E-state index is 0.102. The molecule has 0 saturated carbocycles. The van der Waals surface area contributed by atoms with Crippen molar-refractivity contribution in [3.8, 4) is 5.75 Å². The topological polar surface area (TPSA) is 37.3 Å². The van der Waals surface area contributed by atoms with E-state index in [0.717, 1.165) is 6.07 Å². The second-order valence-electron chi connectivity index (χ2n) is 3.09.